The maximum atomic E-state index is 10.7. The number of aliphatic hydroxyl groups is 2. The van der Waals surface area contributed by atoms with Gasteiger partial charge in [0.2, 0.25) is 0 Å². The second-order valence-electron chi connectivity index (χ2n) is 5.05. The van der Waals surface area contributed by atoms with Crippen molar-refractivity contribution in [2.24, 2.45) is 0 Å². The number of hydrogen-bond donors (Lipinski definition) is 4. The zero-order valence-corrected chi connectivity index (χ0v) is 13.4. The number of para-hydroxylation sites is 1. The van der Waals surface area contributed by atoms with Gasteiger partial charge in [-0.3, -0.25) is 10.1 Å². The molecule has 2 aromatic rings. The Labute approximate surface area is 144 Å². The molecule has 0 aromatic heterocycles. The Morgan fingerprint density at radius 1 is 1.17 bits per heavy atom. The molecule has 0 heterocycles. The molecule has 0 bridgehead atoms. The van der Waals surface area contributed by atoms with E-state index < -0.39 is 17.1 Å². The standard InChI is InChI=1S/C16H17N3O4S/c20-10-14(18-16(24)17-12-4-2-1-3-5-12)15(21)11-6-8-13(9-7-11)19(22)23/h1-9,14-15,20-21H,10H2,(H2,17,18,24)/t14-,15+/m1/s1. The average molecular weight is 347 g/mol. The maximum absolute atomic E-state index is 10.7. The van der Waals surface area contributed by atoms with Gasteiger partial charge in [-0.2, -0.15) is 0 Å². The minimum absolute atomic E-state index is 0.0688. The van der Waals surface area contributed by atoms with Crippen molar-refractivity contribution in [3.63, 3.8) is 0 Å². The van der Waals surface area contributed by atoms with Crippen LogP contribution in [-0.4, -0.2) is 32.9 Å². The van der Waals surface area contributed by atoms with Crippen molar-refractivity contribution in [3.05, 3.63) is 70.3 Å². The van der Waals surface area contributed by atoms with Crippen LogP contribution >= 0.6 is 12.2 Å². The van der Waals surface area contributed by atoms with Crippen LogP contribution in [0.25, 0.3) is 0 Å². The molecule has 2 rings (SSSR count). The van der Waals surface area contributed by atoms with Crippen LogP contribution in [0.5, 0.6) is 0 Å². The Hall–Kier alpha value is -2.55. The molecular formula is C16H17N3O4S. The van der Waals surface area contributed by atoms with E-state index in [-0.39, 0.29) is 17.4 Å². The lowest BCUT2D eigenvalue weighted by atomic mass is 10.0. The van der Waals surface area contributed by atoms with Crippen LogP contribution in [0.2, 0.25) is 0 Å². The zero-order valence-electron chi connectivity index (χ0n) is 12.6. The summed E-state index contributed by atoms with van der Waals surface area (Å²) in [4.78, 5) is 10.1. The Morgan fingerprint density at radius 3 is 2.33 bits per heavy atom. The summed E-state index contributed by atoms with van der Waals surface area (Å²) in [6, 6.07) is 14.0. The number of nitrogens with zero attached hydrogens (tertiary/aromatic N) is 1. The number of non-ortho nitro benzene ring substituents is 1. The van der Waals surface area contributed by atoms with Crippen molar-refractivity contribution < 1.29 is 15.1 Å². The molecular weight excluding hydrogens is 330 g/mol. The summed E-state index contributed by atoms with van der Waals surface area (Å²) in [6.45, 7) is -0.366. The van der Waals surface area contributed by atoms with E-state index in [1.807, 2.05) is 30.3 Å². The highest BCUT2D eigenvalue weighted by atomic mass is 32.1. The lowest BCUT2D eigenvalue weighted by Gasteiger charge is -2.24. The summed E-state index contributed by atoms with van der Waals surface area (Å²) < 4.78 is 0. The average Bonchev–Trinajstić information content (AvgIpc) is 2.60. The lowest BCUT2D eigenvalue weighted by molar-refractivity contribution is -0.384. The topological polar surface area (TPSA) is 108 Å². The Morgan fingerprint density at radius 2 is 1.79 bits per heavy atom. The first-order chi connectivity index (χ1) is 11.5. The molecule has 7 nitrogen and oxygen atoms in total. The van der Waals surface area contributed by atoms with Gasteiger partial charge in [-0.05, 0) is 42.0 Å². The van der Waals surface area contributed by atoms with Crippen LogP contribution in [-0.2, 0) is 0 Å². The highest BCUT2D eigenvalue weighted by Gasteiger charge is 2.21. The number of anilines is 1. The highest BCUT2D eigenvalue weighted by Crippen LogP contribution is 2.20. The fraction of sp³-hybridized carbons (Fsp3) is 0.188. The van der Waals surface area contributed by atoms with Gasteiger partial charge in [0.15, 0.2) is 5.11 Å². The molecule has 0 aliphatic carbocycles. The minimum Gasteiger partial charge on any atom is -0.394 e. The molecule has 8 heteroatoms. The number of thiocarbonyl (C=S) groups is 1. The van der Waals surface area contributed by atoms with Gasteiger partial charge in [0.05, 0.1) is 17.6 Å². The van der Waals surface area contributed by atoms with Crippen molar-refractivity contribution in [2.45, 2.75) is 12.1 Å². The van der Waals surface area contributed by atoms with E-state index in [4.69, 9.17) is 12.2 Å². The molecule has 0 spiro atoms. The van der Waals surface area contributed by atoms with Gasteiger partial charge in [0.25, 0.3) is 5.69 Å². The van der Waals surface area contributed by atoms with Crippen molar-refractivity contribution in [1.29, 1.82) is 0 Å². The number of hydrogen-bond acceptors (Lipinski definition) is 5. The third-order valence-corrected chi connectivity index (χ3v) is 3.59. The van der Waals surface area contributed by atoms with Gasteiger partial charge >= 0.3 is 0 Å². The number of nitro benzene ring substituents is 1. The first-order valence-corrected chi connectivity index (χ1v) is 7.58. The molecule has 2 aromatic carbocycles. The molecule has 4 N–H and O–H groups in total. The molecule has 0 radical (unpaired) electrons. The number of nitro groups is 1. The first kappa shape index (κ1) is 17.8. The molecule has 0 amide bonds. The summed E-state index contributed by atoms with van der Waals surface area (Å²) in [5.74, 6) is 0. The fourth-order valence-corrected chi connectivity index (χ4v) is 2.38. The fourth-order valence-electron chi connectivity index (χ4n) is 2.11. The van der Waals surface area contributed by atoms with Crippen molar-refractivity contribution >= 4 is 28.7 Å². The van der Waals surface area contributed by atoms with Gasteiger partial charge in [-0.15, -0.1) is 0 Å². The second kappa shape index (κ2) is 8.34. The number of nitrogens with one attached hydrogen (secondary N) is 2. The molecule has 126 valence electrons. The van der Waals surface area contributed by atoms with Crippen LogP contribution in [0.3, 0.4) is 0 Å². The van der Waals surface area contributed by atoms with E-state index in [1.54, 1.807) is 0 Å². The quantitative estimate of drug-likeness (QED) is 0.359. The van der Waals surface area contributed by atoms with Crippen LogP contribution in [0, 0.1) is 10.1 Å². The highest BCUT2D eigenvalue weighted by molar-refractivity contribution is 7.80. The van der Waals surface area contributed by atoms with Gasteiger partial charge in [0, 0.05) is 17.8 Å². The summed E-state index contributed by atoms with van der Waals surface area (Å²) in [6.07, 6.45) is -1.08. The summed E-state index contributed by atoms with van der Waals surface area (Å²) in [5, 5.41) is 36.5. The largest absolute Gasteiger partial charge is 0.394 e. The van der Waals surface area contributed by atoms with Crippen molar-refractivity contribution in [3.8, 4) is 0 Å². The van der Waals surface area contributed by atoms with Crippen LogP contribution < -0.4 is 10.6 Å². The third-order valence-electron chi connectivity index (χ3n) is 3.37. The number of benzene rings is 2. The smallest absolute Gasteiger partial charge is 0.269 e. The van der Waals surface area contributed by atoms with Crippen molar-refractivity contribution in [2.75, 3.05) is 11.9 Å². The van der Waals surface area contributed by atoms with E-state index in [2.05, 4.69) is 10.6 Å². The summed E-state index contributed by atoms with van der Waals surface area (Å²) in [7, 11) is 0. The molecule has 0 saturated carbocycles. The number of rotatable bonds is 6. The third kappa shape index (κ3) is 4.72. The predicted octanol–water partition coefficient (Wildman–Crippen LogP) is 1.98. The second-order valence-corrected chi connectivity index (χ2v) is 5.46. The summed E-state index contributed by atoms with van der Waals surface area (Å²) >= 11 is 5.17. The Balaban J connectivity index is 2.01. The Kier molecular flexibility index (Phi) is 6.19. The van der Waals surface area contributed by atoms with Gasteiger partial charge in [0.1, 0.15) is 6.10 Å². The molecule has 0 aliphatic rings. The molecule has 24 heavy (non-hydrogen) atoms. The molecule has 0 unspecified atom stereocenters. The normalized spacial score (nSPS) is 12.9. The predicted molar refractivity (Wildman–Crippen MR) is 94.7 cm³/mol. The van der Waals surface area contributed by atoms with Crippen molar-refractivity contribution in [1.82, 2.24) is 5.32 Å². The molecule has 2 atom stereocenters. The van der Waals surface area contributed by atoms with Crippen LogP contribution in [0.15, 0.2) is 54.6 Å². The SMILES string of the molecule is O=[N+]([O-])c1ccc([C@H](O)[C@@H](CO)NC(=S)Nc2ccccc2)cc1. The number of aliphatic hydroxyl groups excluding tert-OH is 2. The van der Waals surface area contributed by atoms with E-state index in [0.29, 0.717) is 5.56 Å². The zero-order chi connectivity index (χ0) is 17.5. The lowest BCUT2D eigenvalue weighted by Crippen LogP contribution is -2.43. The monoisotopic (exact) mass is 347 g/mol. The van der Waals surface area contributed by atoms with Crippen LogP contribution in [0.1, 0.15) is 11.7 Å². The van der Waals surface area contributed by atoms with Crippen LogP contribution in [0.4, 0.5) is 11.4 Å². The molecule has 0 saturated heterocycles. The van der Waals surface area contributed by atoms with E-state index in [0.717, 1.165) is 5.69 Å². The van der Waals surface area contributed by atoms with E-state index in [9.17, 15) is 20.3 Å². The Bertz CT molecular complexity index is 694. The maximum Gasteiger partial charge on any atom is 0.269 e. The molecule has 0 aliphatic heterocycles. The van der Waals surface area contributed by atoms with E-state index >= 15 is 0 Å². The first-order valence-electron chi connectivity index (χ1n) is 7.17. The van der Waals surface area contributed by atoms with Gasteiger partial charge in [-0.25, -0.2) is 0 Å². The van der Waals surface area contributed by atoms with Gasteiger partial charge in [-0.1, -0.05) is 18.2 Å². The minimum atomic E-state index is -1.08. The summed E-state index contributed by atoms with van der Waals surface area (Å²) in [5.41, 5.74) is 1.15. The van der Waals surface area contributed by atoms with Gasteiger partial charge < -0.3 is 20.8 Å². The van der Waals surface area contributed by atoms with E-state index in [1.165, 1.54) is 24.3 Å². The molecule has 0 fully saturated rings.